The molecule has 3 nitrogen and oxygen atoms in total. The number of aromatic nitrogens is 3. The Labute approximate surface area is 158 Å². The van der Waals surface area contributed by atoms with Gasteiger partial charge in [-0.3, -0.25) is 0 Å². The smallest absolute Gasteiger partial charge is 0.232 e. The zero-order valence-electron chi connectivity index (χ0n) is 14.5. The van der Waals surface area contributed by atoms with Gasteiger partial charge >= 0.3 is 6.18 Å². The summed E-state index contributed by atoms with van der Waals surface area (Å²) in [5.41, 5.74) is -0.0968. The molecule has 0 aliphatic carbocycles. The molecule has 0 fully saturated rings. The lowest BCUT2D eigenvalue weighted by Gasteiger charge is -2.20. The van der Waals surface area contributed by atoms with Gasteiger partial charge in [-0.1, -0.05) is 44.0 Å². The minimum absolute atomic E-state index is 0.0171. The van der Waals surface area contributed by atoms with Crippen molar-refractivity contribution in [3.05, 3.63) is 51.3 Å². The number of pyridine rings is 1. The summed E-state index contributed by atoms with van der Waals surface area (Å²) in [7, 11) is 0. The second kappa shape index (κ2) is 6.13. The number of halogens is 5. The monoisotopic (exact) mass is 401 g/mol. The van der Waals surface area contributed by atoms with Crippen LogP contribution in [0.3, 0.4) is 0 Å². The summed E-state index contributed by atoms with van der Waals surface area (Å²) in [6.45, 7) is 6.97. The molecule has 0 bridgehead atoms. The van der Waals surface area contributed by atoms with Crippen LogP contribution in [0, 0.1) is 6.92 Å². The number of fused-ring (bicyclic) bond motifs is 1. The summed E-state index contributed by atoms with van der Waals surface area (Å²) in [5.74, 6) is 0. The van der Waals surface area contributed by atoms with Crippen molar-refractivity contribution in [2.24, 2.45) is 0 Å². The molecular weight excluding hydrogens is 386 g/mol. The maximum Gasteiger partial charge on any atom is 0.417 e. The molecule has 0 saturated heterocycles. The maximum atomic E-state index is 13.7. The van der Waals surface area contributed by atoms with Gasteiger partial charge in [0, 0.05) is 11.1 Å². The zero-order valence-corrected chi connectivity index (χ0v) is 16.1. The Balaban J connectivity index is 2.41. The second-order valence-corrected chi connectivity index (χ2v) is 7.91. The van der Waals surface area contributed by atoms with E-state index in [1.54, 1.807) is 18.2 Å². The van der Waals surface area contributed by atoms with E-state index in [1.165, 1.54) is 11.6 Å². The number of aryl methyl sites for hydroxylation is 1. The first kappa shape index (κ1) is 19.0. The Morgan fingerprint density at radius 3 is 2.19 bits per heavy atom. The van der Waals surface area contributed by atoms with Gasteiger partial charge in [-0.15, -0.1) is 0 Å². The molecule has 0 spiro atoms. The maximum absolute atomic E-state index is 13.7. The summed E-state index contributed by atoms with van der Waals surface area (Å²) >= 11 is 12.0. The predicted octanol–water partition coefficient (Wildman–Crippen LogP) is 6.35. The van der Waals surface area contributed by atoms with E-state index in [0.717, 1.165) is 6.07 Å². The van der Waals surface area contributed by atoms with E-state index in [4.69, 9.17) is 23.2 Å². The highest BCUT2D eigenvalue weighted by Gasteiger charge is 2.36. The SMILES string of the molecule is Cc1nn(-c2ccc(Cl)c(Cl)c2)c2nc(C(C)(C)C)cc(C(F)(F)F)c12. The number of benzene rings is 1. The lowest BCUT2D eigenvalue weighted by atomic mass is 9.90. The number of hydrogen-bond donors (Lipinski definition) is 0. The first-order valence-corrected chi connectivity index (χ1v) is 8.58. The summed E-state index contributed by atoms with van der Waals surface area (Å²) in [4.78, 5) is 4.49. The second-order valence-electron chi connectivity index (χ2n) is 7.10. The van der Waals surface area contributed by atoms with E-state index >= 15 is 0 Å². The summed E-state index contributed by atoms with van der Waals surface area (Å²) in [6, 6.07) is 5.86. The molecular formula is C18H16Cl2F3N3. The number of alkyl halides is 3. The molecule has 26 heavy (non-hydrogen) atoms. The van der Waals surface area contributed by atoms with Gasteiger partial charge in [0.05, 0.1) is 32.4 Å². The van der Waals surface area contributed by atoms with Crippen molar-refractivity contribution in [3.8, 4) is 5.69 Å². The van der Waals surface area contributed by atoms with Crippen molar-refractivity contribution in [2.75, 3.05) is 0 Å². The molecule has 0 aliphatic heterocycles. The van der Waals surface area contributed by atoms with Crippen molar-refractivity contribution < 1.29 is 13.2 Å². The molecule has 3 rings (SSSR count). The van der Waals surface area contributed by atoms with Gasteiger partial charge in [-0.05, 0) is 31.2 Å². The third-order valence-electron chi connectivity index (χ3n) is 4.03. The van der Waals surface area contributed by atoms with Crippen molar-refractivity contribution >= 4 is 34.2 Å². The largest absolute Gasteiger partial charge is 0.417 e. The molecule has 0 radical (unpaired) electrons. The molecule has 0 aliphatic rings. The molecule has 1 aromatic carbocycles. The van der Waals surface area contributed by atoms with Gasteiger partial charge in [0.25, 0.3) is 0 Å². The van der Waals surface area contributed by atoms with Crippen LogP contribution in [0.15, 0.2) is 24.3 Å². The molecule has 0 saturated carbocycles. The van der Waals surface area contributed by atoms with E-state index in [0.29, 0.717) is 16.4 Å². The Bertz CT molecular complexity index is 1000. The number of hydrogen-bond acceptors (Lipinski definition) is 2. The van der Waals surface area contributed by atoms with Crippen LogP contribution < -0.4 is 0 Å². The summed E-state index contributed by atoms with van der Waals surface area (Å²) in [6.07, 6.45) is -4.52. The average Bonchev–Trinajstić information content (AvgIpc) is 2.84. The van der Waals surface area contributed by atoms with Crippen molar-refractivity contribution in [2.45, 2.75) is 39.3 Å². The molecule has 3 aromatic rings. The predicted molar refractivity (Wildman–Crippen MR) is 97.3 cm³/mol. The third-order valence-corrected chi connectivity index (χ3v) is 4.77. The van der Waals surface area contributed by atoms with Crippen molar-refractivity contribution in [3.63, 3.8) is 0 Å². The highest BCUT2D eigenvalue weighted by molar-refractivity contribution is 6.42. The van der Waals surface area contributed by atoms with Crippen molar-refractivity contribution in [1.29, 1.82) is 0 Å². The third kappa shape index (κ3) is 3.28. The normalized spacial score (nSPS) is 12.8. The first-order chi connectivity index (χ1) is 11.9. The molecule has 0 unspecified atom stereocenters. The van der Waals surface area contributed by atoms with Crippen LogP contribution in [0.1, 0.15) is 37.7 Å². The topological polar surface area (TPSA) is 30.7 Å². The van der Waals surface area contributed by atoms with Crippen LogP contribution >= 0.6 is 23.2 Å². The van der Waals surface area contributed by atoms with Crippen molar-refractivity contribution in [1.82, 2.24) is 14.8 Å². The molecule has 138 valence electrons. The molecule has 0 N–H and O–H groups in total. The lowest BCUT2D eigenvalue weighted by Crippen LogP contribution is -2.17. The van der Waals surface area contributed by atoms with Crippen LogP contribution in [0.4, 0.5) is 13.2 Å². The fourth-order valence-electron chi connectivity index (χ4n) is 2.69. The summed E-state index contributed by atoms with van der Waals surface area (Å²) < 4.78 is 42.4. The zero-order chi connectivity index (χ0) is 19.4. The number of rotatable bonds is 1. The standard InChI is InChI=1S/C18H16Cl2F3N3/c1-9-15-11(18(21,22)23)8-14(17(2,3)4)24-16(15)26(25-9)10-5-6-12(19)13(20)7-10/h5-8H,1-4H3. The number of nitrogens with zero attached hydrogens (tertiary/aromatic N) is 3. The lowest BCUT2D eigenvalue weighted by molar-refractivity contribution is -0.136. The highest BCUT2D eigenvalue weighted by Crippen LogP contribution is 2.39. The van der Waals surface area contributed by atoms with Crippen LogP contribution in [0.5, 0.6) is 0 Å². The van der Waals surface area contributed by atoms with E-state index in [-0.39, 0.29) is 21.7 Å². The molecule has 2 aromatic heterocycles. The van der Waals surface area contributed by atoms with E-state index in [9.17, 15) is 13.2 Å². The van der Waals surface area contributed by atoms with Crippen LogP contribution in [-0.2, 0) is 11.6 Å². The Hall–Kier alpha value is -1.79. The first-order valence-electron chi connectivity index (χ1n) is 7.83. The van der Waals surface area contributed by atoms with Gasteiger partial charge in [0.2, 0.25) is 0 Å². The van der Waals surface area contributed by atoms with Gasteiger partial charge in [-0.2, -0.15) is 18.3 Å². The van der Waals surface area contributed by atoms with Crippen LogP contribution in [0.25, 0.3) is 16.7 Å². The Morgan fingerprint density at radius 1 is 1.00 bits per heavy atom. The van der Waals surface area contributed by atoms with Crippen LogP contribution in [-0.4, -0.2) is 14.8 Å². The van der Waals surface area contributed by atoms with E-state index in [1.807, 2.05) is 20.8 Å². The Morgan fingerprint density at radius 2 is 1.65 bits per heavy atom. The van der Waals surface area contributed by atoms with Crippen LogP contribution in [0.2, 0.25) is 10.0 Å². The fourth-order valence-corrected chi connectivity index (χ4v) is 2.99. The molecule has 2 heterocycles. The van der Waals surface area contributed by atoms with Gasteiger partial charge in [0.1, 0.15) is 0 Å². The highest BCUT2D eigenvalue weighted by atomic mass is 35.5. The summed E-state index contributed by atoms with van der Waals surface area (Å²) in [5, 5.41) is 4.90. The van der Waals surface area contributed by atoms with E-state index in [2.05, 4.69) is 10.1 Å². The van der Waals surface area contributed by atoms with Gasteiger partial charge in [-0.25, -0.2) is 9.67 Å². The quantitative estimate of drug-likeness (QED) is 0.475. The minimum Gasteiger partial charge on any atom is -0.232 e. The fraction of sp³-hybridized carbons (Fsp3) is 0.333. The van der Waals surface area contributed by atoms with Gasteiger partial charge < -0.3 is 0 Å². The average molecular weight is 402 g/mol. The minimum atomic E-state index is -4.52. The van der Waals surface area contributed by atoms with E-state index < -0.39 is 17.2 Å². The molecule has 0 atom stereocenters. The molecule has 8 heteroatoms. The Kier molecular flexibility index (Phi) is 4.48. The van der Waals surface area contributed by atoms with Gasteiger partial charge in [0.15, 0.2) is 5.65 Å². The molecule has 0 amide bonds.